The van der Waals surface area contributed by atoms with Gasteiger partial charge in [-0.2, -0.15) is 0 Å². The molecule has 1 amide bonds. The van der Waals surface area contributed by atoms with Crippen LogP contribution in [0.3, 0.4) is 0 Å². The number of thioether (sulfide) groups is 1. The molecule has 1 fully saturated rings. The highest BCUT2D eigenvalue weighted by Gasteiger charge is 2.31. The van der Waals surface area contributed by atoms with Crippen molar-refractivity contribution >= 4 is 40.3 Å². The van der Waals surface area contributed by atoms with Crippen LogP contribution in [0.5, 0.6) is 11.5 Å². The first-order valence-corrected chi connectivity index (χ1v) is 10.2. The highest BCUT2D eigenvalue weighted by atomic mass is 32.2. The van der Waals surface area contributed by atoms with E-state index in [0.29, 0.717) is 46.4 Å². The number of carbonyl (C=O) groups excluding carboxylic acids is 1. The summed E-state index contributed by atoms with van der Waals surface area (Å²) in [6, 6.07) is 5.68. The monoisotopic (exact) mass is 409 g/mol. The van der Waals surface area contributed by atoms with Crippen molar-refractivity contribution in [3.8, 4) is 11.5 Å². The first kappa shape index (κ1) is 21.7. The van der Waals surface area contributed by atoms with Gasteiger partial charge >= 0.3 is 0 Å². The fraction of sp³-hybridized carbons (Fsp3) is 0.500. The van der Waals surface area contributed by atoms with Gasteiger partial charge in [0.05, 0.1) is 18.6 Å². The molecule has 0 N–H and O–H groups in total. The standard InChI is InChI=1S/C20H27NO4S2/c1-14(2)8-11-25-16-7-6-15(12-17(16)24-4)13-18-19(22)21(20(26)27-18)9-5-10-23-3/h6-7,12-14H,5,8-11H2,1-4H3/b18-13+. The van der Waals surface area contributed by atoms with Crippen molar-refractivity contribution in [2.45, 2.75) is 26.7 Å². The Bertz CT molecular complexity index is 703. The number of thiocarbonyl (C=S) groups is 1. The topological polar surface area (TPSA) is 48.0 Å². The summed E-state index contributed by atoms with van der Waals surface area (Å²) in [6.45, 7) is 6.14. The van der Waals surface area contributed by atoms with Crippen LogP contribution in [-0.2, 0) is 9.53 Å². The van der Waals surface area contributed by atoms with E-state index in [-0.39, 0.29) is 5.91 Å². The van der Waals surface area contributed by atoms with Crippen LogP contribution in [0.25, 0.3) is 6.08 Å². The molecule has 0 spiro atoms. The lowest BCUT2D eigenvalue weighted by Crippen LogP contribution is -2.29. The molecule has 0 aliphatic carbocycles. The molecule has 0 aromatic heterocycles. The predicted octanol–water partition coefficient (Wildman–Crippen LogP) is 4.36. The van der Waals surface area contributed by atoms with Crippen molar-refractivity contribution in [2.75, 3.05) is 34.0 Å². The molecule has 1 aromatic rings. The van der Waals surface area contributed by atoms with Gasteiger partial charge in [-0.25, -0.2) is 0 Å². The Kier molecular flexibility index (Phi) is 8.60. The second kappa shape index (κ2) is 10.7. The Hall–Kier alpha value is -1.57. The summed E-state index contributed by atoms with van der Waals surface area (Å²) in [5.74, 6) is 1.89. The van der Waals surface area contributed by atoms with Gasteiger partial charge in [-0.05, 0) is 42.5 Å². The maximum Gasteiger partial charge on any atom is 0.266 e. The number of carbonyl (C=O) groups is 1. The van der Waals surface area contributed by atoms with Gasteiger partial charge < -0.3 is 14.2 Å². The third-order valence-corrected chi connectivity index (χ3v) is 5.42. The predicted molar refractivity (Wildman–Crippen MR) is 114 cm³/mol. The maximum absolute atomic E-state index is 12.6. The second-order valence-corrected chi connectivity index (χ2v) is 8.30. The van der Waals surface area contributed by atoms with E-state index < -0.39 is 0 Å². The highest BCUT2D eigenvalue weighted by Crippen LogP contribution is 2.34. The lowest BCUT2D eigenvalue weighted by Gasteiger charge is -2.13. The molecule has 27 heavy (non-hydrogen) atoms. The molecular weight excluding hydrogens is 382 g/mol. The Morgan fingerprint density at radius 3 is 2.67 bits per heavy atom. The third-order valence-electron chi connectivity index (χ3n) is 4.04. The molecule has 1 aromatic carbocycles. The fourth-order valence-electron chi connectivity index (χ4n) is 2.51. The zero-order chi connectivity index (χ0) is 19.8. The van der Waals surface area contributed by atoms with Gasteiger partial charge in [-0.3, -0.25) is 9.69 Å². The number of nitrogens with zero attached hydrogens (tertiary/aromatic N) is 1. The molecule has 1 heterocycles. The number of rotatable bonds is 10. The van der Waals surface area contributed by atoms with E-state index in [1.54, 1.807) is 19.1 Å². The minimum atomic E-state index is -0.0580. The van der Waals surface area contributed by atoms with Crippen LogP contribution in [-0.4, -0.2) is 49.1 Å². The fourth-order valence-corrected chi connectivity index (χ4v) is 3.82. The zero-order valence-corrected chi connectivity index (χ0v) is 18.0. The number of ether oxygens (including phenoxy) is 3. The minimum Gasteiger partial charge on any atom is -0.493 e. The van der Waals surface area contributed by atoms with Crippen molar-refractivity contribution in [3.05, 3.63) is 28.7 Å². The van der Waals surface area contributed by atoms with Crippen LogP contribution in [0.1, 0.15) is 32.3 Å². The zero-order valence-electron chi connectivity index (χ0n) is 16.3. The molecule has 5 nitrogen and oxygen atoms in total. The van der Waals surface area contributed by atoms with E-state index in [9.17, 15) is 4.79 Å². The summed E-state index contributed by atoms with van der Waals surface area (Å²) in [6.07, 6.45) is 3.58. The molecule has 0 radical (unpaired) electrons. The molecule has 0 unspecified atom stereocenters. The van der Waals surface area contributed by atoms with Crippen LogP contribution >= 0.6 is 24.0 Å². The van der Waals surface area contributed by atoms with Crippen LogP contribution in [0.15, 0.2) is 23.1 Å². The molecule has 1 saturated heterocycles. The van der Waals surface area contributed by atoms with E-state index in [4.69, 9.17) is 26.4 Å². The normalized spacial score (nSPS) is 15.9. The lowest BCUT2D eigenvalue weighted by molar-refractivity contribution is -0.122. The maximum atomic E-state index is 12.6. The Labute approximate surface area is 171 Å². The second-order valence-electron chi connectivity index (χ2n) is 6.62. The molecule has 0 atom stereocenters. The molecule has 0 saturated carbocycles. The SMILES string of the molecule is COCCCN1C(=O)/C(=C\c2ccc(OCCC(C)C)c(OC)c2)SC1=S. The highest BCUT2D eigenvalue weighted by molar-refractivity contribution is 8.26. The average Bonchev–Trinajstić information content (AvgIpc) is 2.90. The van der Waals surface area contributed by atoms with Gasteiger partial charge in [0.15, 0.2) is 11.5 Å². The van der Waals surface area contributed by atoms with Crippen molar-refractivity contribution in [1.29, 1.82) is 0 Å². The summed E-state index contributed by atoms with van der Waals surface area (Å²) < 4.78 is 16.9. The lowest BCUT2D eigenvalue weighted by atomic mass is 10.1. The quantitative estimate of drug-likeness (QED) is 0.325. The van der Waals surface area contributed by atoms with Gasteiger partial charge in [0.1, 0.15) is 4.32 Å². The van der Waals surface area contributed by atoms with Gasteiger partial charge in [0.25, 0.3) is 5.91 Å². The first-order chi connectivity index (χ1) is 13.0. The molecule has 1 aliphatic heterocycles. The number of benzene rings is 1. The van der Waals surface area contributed by atoms with Gasteiger partial charge in [0.2, 0.25) is 0 Å². The Balaban J connectivity index is 2.09. The molecule has 1 aliphatic rings. The van der Waals surface area contributed by atoms with Gasteiger partial charge in [0, 0.05) is 20.3 Å². The van der Waals surface area contributed by atoms with Crippen molar-refractivity contribution < 1.29 is 19.0 Å². The largest absolute Gasteiger partial charge is 0.493 e. The van der Waals surface area contributed by atoms with Crippen LogP contribution < -0.4 is 9.47 Å². The molecular formula is C20H27NO4S2. The summed E-state index contributed by atoms with van der Waals surface area (Å²) >= 11 is 6.67. The third kappa shape index (κ3) is 6.23. The van der Waals surface area contributed by atoms with E-state index in [2.05, 4.69) is 13.8 Å². The van der Waals surface area contributed by atoms with E-state index in [0.717, 1.165) is 18.4 Å². The van der Waals surface area contributed by atoms with Crippen molar-refractivity contribution in [2.24, 2.45) is 5.92 Å². The van der Waals surface area contributed by atoms with Crippen molar-refractivity contribution in [3.63, 3.8) is 0 Å². The van der Waals surface area contributed by atoms with Gasteiger partial charge in [-0.1, -0.05) is 43.9 Å². The van der Waals surface area contributed by atoms with E-state index >= 15 is 0 Å². The average molecular weight is 410 g/mol. The Morgan fingerprint density at radius 2 is 2.00 bits per heavy atom. The minimum absolute atomic E-state index is 0.0580. The van der Waals surface area contributed by atoms with Crippen LogP contribution in [0, 0.1) is 5.92 Å². The van der Waals surface area contributed by atoms with Crippen LogP contribution in [0.2, 0.25) is 0 Å². The molecule has 7 heteroatoms. The number of hydrogen-bond acceptors (Lipinski definition) is 6. The molecule has 148 valence electrons. The molecule has 0 bridgehead atoms. The summed E-state index contributed by atoms with van der Waals surface area (Å²) in [7, 11) is 3.26. The van der Waals surface area contributed by atoms with E-state index in [1.165, 1.54) is 11.8 Å². The summed E-state index contributed by atoms with van der Waals surface area (Å²) in [5.41, 5.74) is 0.875. The van der Waals surface area contributed by atoms with Gasteiger partial charge in [-0.15, -0.1) is 0 Å². The van der Waals surface area contributed by atoms with Crippen LogP contribution in [0.4, 0.5) is 0 Å². The number of methoxy groups -OCH3 is 2. The summed E-state index contributed by atoms with van der Waals surface area (Å²) in [5, 5.41) is 0. The smallest absolute Gasteiger partial charge is 0.266 e. The number of amides is 1. The molecule has 2 rings (SSSR count). The van der Waals surface area contributed by atoms with E-state index in [1.807, 2.05) is 24.3 Å². The van der Waals surface area contributed by atoms with Crippen molar-refractivity contribution in [1.82, 2.24) is 4.90 Å². The number of hydrogen-bond donors (Lipinski definition) is 0. The first-order valence-electron chi connectivity index (χ1n) is 9.01. The Morgan fingerprint density at radius 1 is 1.22 bits per heavy atom. The summed E-state index contributed by atoms with van der Waals surface area (Å²) in [4.78, 5) is 14.8.